The van der Waals surface area contributed by atoms with Crippen LogP contribution in [0.3, 0.4) is 0 Å². The van der Waals surface area contributed by atoms with E-state index in [1.54, 1.807) is 11.1 Å². The summed E-state index contributed by atoms with van der Waals surface area (Å²) in [6.45, 7) is 4.94. The lowest BCUT2D eigenvalue weighted by Gasteiger charge is -2.17. The molecule has 3 heterocycles. The first-order valence-corrected chi connectivity index (χ1v) is 10.1. The zero-order valence-corrected chi connectivity index (χ0v) is 17.5. The molecular weight excluding hydrogens is 380 g/mol. The van der Waals surface area contributed by atoms with Gasteiger partial charge in [0.05, 0.1) is 11.8 Å². The highest BCUT2D eigenvalue weighted by molar-refractivity contribution is 6.00. The SMILES string of the molecule is Cc1nn(C)cc1-c1ccc(CN2Cc3ccnc(OC(C)CCO)c3C2=O)cc1. The Morgan fingerprint density at radius 2 is 2.00 bits per heavy atom. The van der Waals surface area contributed by atoms with Crippen LogP contribution in [0, 0.1) is 6.92 Å². The van der Waals surface area contributed by atoms with E-state index in [1.165, 1.54) is 0 Å². The number of pyridine rings is 1. The number of aromatic nitrogens is 3. The monoisotopic (exact) mass is 406 g/mol. The van der Waals surface area contributed by atoms with Crippen molar-refractivity contribution < 1.29 is 14.6 Å². The second-order valence-corrected chi connectivity index (χ2v) is 7.75. The summed E-state index contributed by atoms with van der Waals surface area (Å²) in [5.41, 5.74) is 5.72. The Kier molecular flexibility index (Phi) is 5.55. The van der Waals surface area contributed by atoms with Gasteiger partial charge in [0.1, 0.15) is 5.56 Å². The molecule has 1 atom stereocenters. The fourth-order valence-corrected chi connectivity index (χ4v) is 3.82. The van der Waals surface area contributed by atoms with Gasteiger partial charge in [0.2, 0.25) is 5.88 Å². The van der Waals surface area contributed by atoms with Crippen molar-refractivity contribution in [1.29, 1.82) is 0 Å². The van der Waals surface area contributed by atoms with Gasteiger partial charge in [-0.3, -0.25) is 9.48 Å². The first kappa shape index (κ1) is 20.1. The number of hydrogen-bond acceptors (Lipinski definition) is 5. The van der Waals surface area contributed by atoms with E-state index in [4.69, 9.17) is 9.84 Å². The number of amides is 1. The number of aliphatic hydroxyl groups excluding tert-OH is 1. The fourth-order valence-electron chi connectivity index (χ4n) is 3.82. The van der Waals surface area contributed by atoms with Crippen molar-refractivity contribution in [3.63, 3.8) is 0 Å². The molecule has 1 amide bonds. The van der Waals surface area contributed by atoms with Crippen LogP contribution in [0.2, 0.25) is 0 Å². The first-order chi connectivity index (χ1) is 14.5. The maximum Gasteiger partial charge on any atom is 0.260 e. The van der Waals surface area contributed by atoms with Gasteiger partial charge in [0.25, 0.3) is 5.91 Å². The third-order valence-electron chi connectivity index (χ3n) is 5.37. The van der Waals surface area contributed by atoms with Gasteiger partial charge in [-0.25, -0.2) is 4.98 Å². The van der Waals surface area contributed by atoms with Crippen molar-refractivity contribution in [2.24, 2.45) is 7.05 Å². The maximum atomic E-state index is 13.0. The van der Waals surface area contributed by atoms with Crippen LogP contribution in [-0.4, -0.2) is 43.4 Å². The largest absolute Gasteiger partial charge is 0.474 e. The molecule has 2 aromatic heterocycles. The van der Waals surface area contributed by atoms with Gasteiger partial charge in [-0.2, -0.15) is 5.10 Å². The van der Waals surface area contributed by atoms with Crippen molar-refractivity contribution in [1.82, 2.24) is 19.7 Å². The molecular formula is C23H26N4O3. The Balaban J connectivity index is 1.49. The van der Waals surface area contributed by atoms with Crippen LogP contribution in [-0.2, 0) is 20.1 Å². The van der Waals surface area contributed by atoms with E-state index in [0.717, 1.165) is 27.9 Å². The summed E-state index contributed by atoms with van der Waals surface area (Å²) >= 11 is 0. The Hall–Kier alpha value is -3.19. The van der Waals surface area contributed by atoms with Gasteiger partial charge in [-0.15, -0.1) is 0 Å². The number of benzene rings is 1. The lowest BCUT2D eigenvalue weighted by Crippen LogP contribution is -2.24. The molecule has 1 aliphatic heterocycles. The van der Waals surface area contributed by atoms with Crippen LogP contribution in [0.1, 0.15) is 40.5 Å². The summed E-state index contributed by atoms with van der Waals surface area (Å²) in [6.07, 6.45) is 3.96. The molecule has 7 heteroatoms. The molecule has 1 aliphatic rings. The van der Waals surface area contributed by atoms with Gasteiger partial charge < -0.3 is 14.7 Å². The average molecular weight is 406 g/mol. The molecule has 0 aliphatic carbocycles. The number of hydrogen-bond donors (Lipinski definition) is 1. The summed E-state index contributed by atoms with van der Waals surface area (Å²) in [5, 5.41) is 13.5. The van der Waals surface area contributed by atoms with Gasteiger partial charge in [0, 0.05) is 51.1 Å². The Bertz CT molecular complexity index is 1060. The van der Waals surface area contributed by atoms with Crippen LogP contribution in [0.15, 0.2) is 42.7 Å². The number of fused-ring (bicyclic) bond motifs is 1. The highest BCUT2D eigenvalue weighted by atomic mass is 16.5. The van der Waals surface area contributed by atoms with Crippen LogP contribution in [0.25, 0.3) is 11.1 Å². The minimum absolute atomic E-state index is 0.0326. The Labute approximate surface area is 175 Å². The topological polar surface area (TPSA) is 80.5 Å². The normalized spacial score (nSPS) is 14.1. The Morgan fingerprint density at radius 1 is 1.23 bits per heavy atom. The van der Waals surface area contributed by atoms with E-state index in [0.29, 0.717) is 31.0 Å². The molecule has 7 nitrogen and oxygen atoms in total. The maximum absolute atomic E-state index is 13.0. The van der Waals surface area contributed by atoms with Crippen LogP contribution < -0.4 is 4.74 Å². The standard InChI is InChI=1S/C23H26N4O3/c1-15(9-11-28)30-22-21-19(8-10-24-22)13-27(23(21)29)12-17-4-6-18(7-5-17)20-14-26(3)25-16(20)2/h4-8,10,14-15,28H,9,11-13H2,1-3H3. The number of rotatable bonds is 7. The lowest BCUT2D eigenvalue weighted by molar-refractivity contribution is 0.0760. The van der Waals surface area contributed by atoms with E-state index in [2.05, 4.69) is 34.3 Å². The van der Waals surface area contributed by atoms with Gasteiger partial charge in [-0.05, 0) is 36.6 Å². The summed E-state index contributed by atoms with van der Waals surface area (Å²) in [4.78, 5) is 19.1. The quantitative estimate of drug-likeness (QED) is 0.652. The first-order valence-electron chi connectivity index (χ1n) is 10.1. The molecule has 1 N–H and O–H groups in total. The molecule has 0 saturated carbocycles. The number of carbonyl (C=O) groups excluding carboxylic acids is 1. The van der Waals surface area contributed by atoms with E-state index >= 15 is 0 Å². The van der Waals surface area contributed by atoms with E-state index in [-0.39, 0.29) is 18.6 Å². The zero-order chi connectivity index (χ0) is 21.3. The molecule has 0 radical (unpaired) electrons. The lowest BCUT2D eigenvalue weighted by atomic mass is 10.0. The molecule has 0 fully saturated rings. The minimum Gasteiger partial charge on any atom is -0.474 e. The second kappa shape index (κ2) is 8.28. The average Bonchev–Trinajstić information content (AvgIpc) is 3.22. The molecule has 0 spiro atoms. The molecule has 1 aromatic carbocycles. The van der Waals surface area contributed by atoms with Crippen LogP contribution in [0.4, 0.5) is 0 Å². The number of aliphatic hydroxyl groups is 1. The van der Waals surface area contributed by atoms with Gasteiger partial charge in [0.15, 0.2) is 0 Å². The molecule has 156 valence electrons. The van der Waals surface area contributed by atoms with Crippen molar-refractivity contribution in [2.45, 2.75) is 39.5 Å². The molecule has 1 unspecified atom stereocenters. The number of ether oxygens (including phenoxy) is 1. The predicted molar refractivity (Wildman–Crippen MR) is 113 cm³/mol. The fraction of sp³-hybridized carbons (Fsp3) is 0.348. The third kappa shape index (κ3) is 3.93. The minimum atomic E-state index is -0.209. The van der Waals surface area contributed by atoms with Crippen molar-refractivity contribution in [3.8, 4) is 17.0 Å². The number of nitrogens with zero attached hydrogens (tertiary/aromatic N) is 4. The predicted octanol–water partition coefficient (Wildman–Crippen LogP) is 3.10. The molecule has 4 rings (SSSR count). The van der Waals surface area contributed by atoms with E-state index in [9.17, 15) is 4.79 Å². The molecule has 30 heavy (non-hydrogen) atoms. The molecule has 0 saturated heterocycles. The van der Waals surface area contributed by atoms with Gasteiger partial charge >= 0.3 is 0 Å². The summed E-state index contributed by atoms with van der Waals surface area (Å²) in [6, 6.07) is 10.1. The number of carbonyl (C=O) groups is 1. The summed E-state index contributed by atoms with van der Waals surface area (Å²) in [5.74, 6) is 0.278. The van der Waals surface area contributed by atoms with Crippen molar-refractivity contribution in [2.75, 3.05) is 6.61 Å². The van der Waals surface area contributed by atoms with E-state index < -0.39 is 0 Å². The Morgan fingerprint density at radius 3 is 2.67 bits per heavy atom. The molecule has 3 aromatic rings. The summed E-state index contributed by atoms with van der Waals surface area (Å²) in [7, 11) is 1.92. The highest BCUT2D eigenvalue weighted by Crippen LogP contribution is 2.31. The zero-order valence-electron chi connectivity index (χ0n) is 17.5. The van der Waals surface area contributed by atoms with Gasteiger partial charge in [-0.1, -0.05) is 24.3 Å². The second-order valence-electron chi connectivity index (χ2n) is 7.75. The smallest absolute Gasteiger partial charge is 0.260 e. The highest BCUT2D eigenvalue weighted by Gasteiger charge is 2.32. The van der Waals surface area contributed by atoms with E-state index in [1.807, 2.05) is 37.8 Å². The third-order valence-corrected chi connectivity index (χ3v) is 5.37. The summed E-state index contributed by atoms with van der Waals surface area (Å²) < 4.78 is 7.63. The van der Waals surface area contributed by atoms with Crippen LogP contribution >= 0.6 is 0 Å². The van der Waals surface area contributed by atoms with Crippen molar-refractivity contribution >= 4 is 5.91 Å². The van der Waals surface area contributed by atoms with Crippen molar-refractivity contribution in [3.05, 3.63) is 65.1 Å². The molecule has 0 bridgehead atoms. The number of aryl methyl sites for hydroxylation is 2. The van der Waals surface area contributed by atoms with Crippen LogP contribution in [0.5, 0.6) is 5.88 Å².